The van der Waals surface area contributed by atoms with Crippen LogP contribution in [0.4, 0.5) is 5.69 Å². The van der Waals surface area contributed by atoms with Crippen LogP contribution < -0.4 is 9.62 Å². The van der Waals surface area contributed by atoms with Crippen LogP contribution >= 0.6 is 46.4 Å². The van der Waals surface area contributed by atoms with Crippen molar-refractivity contribution in [2.45, 2.75) is 33.4 Å². The molecule has 35 heavy (non-hydrogen) atoms. The highest BCUT2D eigenvalue weighted by atomic mass is 35.5. The van der Waals surface area contributed by atoms with E-state index in [0.717, 1.165) is 10.6 Å². The summed E-state index contributed by atoms with van der Waals surface area (Å²) in [5.41, 5.74) is 0.516. The first-order valence-electron chi connectivity index (χ1n) is 10.6. The quantitative estimate of drug-likeness (QED) is 0.414. The molecule has 0 aliphatic rings. The van der Waals surface area contributed by atoms with Gasteiger partial charge in [-0.2, -0.15) is 0 Å². The molecule has 0 aliphatic heterocycles. The predicted molar refractivity (Wildman–Crippen MR) is 143 cm³/mol. The van der Waals surface area contributed by atoms with Gasteiger partial charge in [0.25, 0.3) is 0 Å². The first-order valence-corrected chi connectivity index (χ1v) is 14.0. The Bertz CT molecular complexity index is 1170. The van der Waals surface area contributed by atoms with Gasteiger partial charge >= 0.3 is 0 Å². The lowest BCUT2D eigenvalue weighted by atomic mass is 10.1. The molecule has 2 aromatic carbocycles. The highest BCUT2D eigenvalue weighted by Crippen LogP contribution is 2.31. The van der Waals surface area contributed by atoms with Crippen LogP contribution in [0.15, 0.2) is 36.4 Å². The highest BCUT2D eigenvalue weighted by molar-refractivity contribution is 7.92. The van der Waals surface area contributed by atoms with E-state index in [1.807, 2.05) is 13.8 Å². The van der Waals surface area contributed by atoms with Gasteiger partial charge in [0.15, 0.2) is 0 Å². The average molecular weight is 583 g/mol. The van der Waals surface area contributed by atoms with Crippen molar-refractivity contribution in [2.75, 3.05) is 23.7 Å². The molecule has 0 fully saturated rings. The molecule has 2 aromatic rings. The van der Waals surface area contributed by atoms with Crippen LogP contribution in [-0.2, 0) is 26.2 Å². The maximum absolute atomic E-state index is 13.5. The van der Waals surface area contributed by atoms with Crippen molar-refractivity contribution >= 4 is 73.9 Å². The fourth-order valence-corrected chi connectivity index (χ4v) is 5.11. The van der Waals surface area contributed by atoms with Crippen LogP contribution in [0.25, 0.3) is 0 Å². The molecule has 0 bridgehead atoms. The van der Waals surface area contributed by atoms with Gasteiger partial charge in [-0.3, -0.25) is 13.9 Å². The Hall–Kier alpha value is -1.71. The Labute approximate surface area is 226 Å². The van der Waals surface area contributed by atoms with E-state index in [1.54, 1.807) is 25.1 Å². The molecule has 0 aliphatic carbocycles. The molecule has 0 radical (unpaired) electrons. The zero-order valence-electron chi connectivity index (χ0n) is 19.7. The fourth-order valence-electron chi connectivity index (χ4n) is 3.17. The molecule has 1 N–H and O–H groups in total. The van der Waals surface area contributed by atoms with Crippen molar-refractivity contribution in [2.24, 2.45) is 5.92 Å². The first-order chi connectivity index (χ1) is 16.2. The first kappa shape index (κ1) is 29.5. The number of carbonyl (C=O) groups excluding carboxylic acids is 2. The Morgan fingerprint density at radius 2 is 1.57 bits per heavy atom. The Morgan fingerprint density at radius 1 is 0.971 bits per heavy atom. The monoisotopic (exact) mass is 581 g/mol. The van der Waals surface area contributed by atoms with Crippen LogP contribution in [-0.4, -0.2) is 50.5 Å². The Kier molecular flexibility index (Phi) is 10.5. The topological polar surface area (TPSA) is 86.8 Å². The summed E-state index contributed by atoms with van der Waals surface area (Å²) in [6.45, 7) is 5.13. The molecule has 12 heteroatoms. The van der Waals surface area contributed by atoms with E-state index in [9.17, 15) is 18.0 Å². The van der Waals surface area contributed by atoms with Gasteiger partial charge in [-0.25, -0.2) is 8.42 Å². The molecule has 0 aromatic heterocycles. The number of benzene rings is 2. The number of hydrogen-bond acceptors (Lipinski definition) is 4. The maximum atomic E-state index is 13.5. The van der Waals surface area contributed by atoms with E-state index in [2.05, 4.69) is 5.32 Å². The van der Waals surface area contributed by atoms with E-state index in [4.69, 9.17) is 46.4 Å². The zero-order chi connectivity index (χ0) is 26.5. The normalized spacial score (nSPS) is 12.4. The third-order valence-corrected chi connectivity index (χ3v) is 7.47. The average Bonchev–Trinajstić information content (AvgIpc) is 2.74. The van der Waals surface area contributed by atoms with E-state index >= 15 is 0 Å². The molecular weight excluding hydrogens is 556 g/mol. The molecule has 0 unspecified atom stereocenters. The number of halogens is 4. The van der Waals surface area contributed by atoms with Gasteiger partial charge < -0.3 is 10.2 Å². The van der Waals surface area contributed by atoms with Crippen LogP contribution in [0, 0.1) is 5.92 Å². The fraction of sp³-hybridized carbons (Fsp3) is 0.391. The number of nitrogens with one attached hydrogen (secondary N) is 1. The van der Waals surface area contributed by atoms with Gasteiger partial charge in [-0.15, -0.1) is 0 Å². The molecule has 0 saturated carbocycles. The van der Waals surface area contributed by atoms with Gasteiger partial charge in [-0.1, -0.05) is 66.3 Å². The molecule has 0 saturated heterocycles. The second-order valence-corrected chi connectivity index (χ2v) is 12.0. The second kappa shape index (κ2) is 12.5. The third kappa shape index (κ3) is 8.15. The third-order valence-electron chi connectivity index (χ3n) is 5.10. The van der Waals surface area contributed by atoms with Crippen molar-refractivity contribution in [1.29, 1.82) is 0 Å². The minimum Gasteiger partial charge on any atom is -0.354 e. The zero-order valence-corrected chi connectivity index (χ0v) is 23.5. The SMILES string of the molecule is CC(C)CNC(=O)[C@@H](C)N(Cc1c(Cl)cccc1Cl)C(=O)CN(c1ccc(Cl)cc1Cl)S(C)(=O)=O. The van der Waals surface area contributed by atoms with Gasteiger partial charge in [0.1, 0.15) is 12.6 Å². The Balaban J connectivity index is 2.46. The maximum Gasteiger partial charge on any atom is 0.244 e. The molecule has 0 spiro atoms. The van der Waals surface area contributed by atoms with Crippen LogP contribution in [0.1, 0.15) is 26.3 Å². The summed E-state index contributed by atoms with van der Waals surface area (Å²) in [7, 11) is -3.93. The summed E-state index contributed by atoms with van der Waals surface area (Å²) in [4.78, 5) is 27.6. The number of rotatable bonds is 10. The van der Waals surface area contributed by atoms with E-state index < -0.39 is 34.4 Å². The summed E-state index contributed by atoms with van der Waals surface area (Å²) in [6.07, 6.45) is 0.958. The summed E-state index contributed by atoms with van der Waals surface area (Å²) >= 11 is 24.8. The number of hydrogen-bond donors (Lipinski definition) is 1. The number of anilines is 1. The van der Waals surface area contributed by atoms with Crippen LogP contribution in [0.5, 0.6) is 0 Å². The molecule has 1 atom stereocenters. The van der Waals surface area contributed by atoms with Gasteiger partial charge in [0.05, 0.1) is 17.0 Å². The summed E-state index contributed by atoms with van der Waals surface area (Å²) in [6, 6.07) is 8.20. The molecule has 7 nitrogen and oxygen atoms in total. The lowest BCUT2D eigenvalue weighted by molar-refractivity contribution is -0.139. The molecule has 2 rings (SSSR count). The minimum absolute atomic E-state index is 0.0548. The largest absolute Gasteiger partial charge is 0.354 e. The second-order valence-electron chi connectivity index (χ2n) is 8.40. The summed E-state index contributed by atoms with van der Waals surface area (Å²) in [5, 5.41) is 3.78. The van der Waals surface area contributed by atoms with Gasteiger partial charge in [-0.05, 0) is 43.2 Å². The van der Waals surface area contributed by atoms with E-state index in [0.29, 0.717) is 27.2 Å². The lowest BCUT2D eigenvalue weighted by Gasteiger charge is -2.32. The number of nitrogens with zero attached hydrogens (tertiary/aromatic N) is 2. The van der Waals surface area contributed by atoms with E-state index in [-0.39, 0.29) is 23.2 Å². The van der Waals surface area contributed by atoms with Gasteiger partial charge in [0, 0.05) is 33.7 Å². The molecular formula is C23H27Cl4N3O4S. The molecule has 2 amide bonds. The lowest BCUT2D eigenvalue weighted by Crippen LogP contribution is -2.51. The van der Waals surface area contributed by atoms with E-state index in [1.165, 1.54) is 23.1 Å². The van der Waals surface area contributed by atoms with Crippen molar-refractivity contribution in [3.8, 4) is 0 Å². The van der Waals surface area contributed by atoms with Crippen molar-refractivity contribution in [1.82, 2.24) is 10.2 Å². The van der Waals surface area contributed by atoms with Gasteiger partial charge in [0.2, 0.25) is 21.8 Å². The predicted octanol–water partition coefficient (Wildman–Crippen LogP) is 5.26. The van der Waals surface area contributed by atoms with Crippen molar-refractivity contribution in [3.63, 3.8) is 0 Å². The molecule has 192 valence electrons. The summed E-state index contributed by atoms with van der Waals surface area (Å²) < 4.78 is 26.1. The van der Waals surface area contributed by atoms with Crippen LogP contribution in [0.2, 0.25) is 20.1 Å². The van der Waals surface area contributed by atoms with Crippen molar-refractivity contribution in [3.05, 3.63) is 62.1 Å². The number of sulfonamides is 1. The Morgan fingerprint density at radius 3 is 2.09 bits per heavy atom. The number of carbonyl (C=O) groups is 2. The molecule has 0 heterocycles. The standard InChI is InChI=1S/C23H27Cl4N3O4S/c1-14(2)11-28-23(32)15(3)29(12-17-18(25)6-5-7-19(17)26)22(31)13-30(35(4,33)34)21-9-8-16(24)10-20(21)27/h5-10,14-15H,11-13H2,1-4H3,(H,28,32)/t15-/m1/s1. The smallest absolute Gasteiger partial charge is 0.244 e. The van der Waals surface area contributed by atoms with Crippen molar-refractivity contribution < 1.29 is 18.0 Å². The number of amides is 2. The van der Waals surface area contributed by atoms with Crippen LogP contribution in [0.3, 0.4) is 0 Å². The highest BCUT2D eigenvalue weighted by Gasteiger charge is 2.31. The summed E-state index contributed by atoms with van der Waals surface area (Å²) in [5.74, 6) is -0.851. The minimum atomic E-state index is -3.93.